The lowest BCUT2D eigenvalue weighted by atomic mass is 10.4. The first-order chi connectivity index (χ1) is 10.1. The van der Waals surface area contributed by atoms with Crippen molar-refractivity contribution in [1.29, 1.82) is 0 Å². The molecule has 0 fully saturated rings. The van der Waals surface area contributed by atoms with Crippen molar-refractivity contribution in [3.63, 3.8) is 0 Å². The third kappa shape index (κ3) is 4.18. The number of rotatable bonds is 7. The summed E-state index contributed by atoms with van der Waals surface area (Å²) in [6.45, 7) is 9.17. The van der Waals surface area contributed by atoms with Gasteiger partial charge in [-0.2, -0.15) is 10.1 Å². The monoisotopic (exact) mass is 289 g/mol. The Morgan fingerprint density at radius 1 is 1.29 bits per heavy atom. The van der Waals surface area contributed by atoms with Crippen molar-refractivity contribution in [3.8, 4) is 11.6 Å². The van der Waals surface area contributed by atoms with E-state index in [1.54, 1.807) is 6.20 Å². The summed E-state index contributed by atoms with van der Waals surface area (Å²) in [5, 5.41) is 7.53. The van der Waals surface area contributed by atoms with Crippen LogP contribution >= 0.6 is 0 Å². The van der Waals surface area contributed by atoms with E-state index >= 15 is 0 Å². The van der Waals surface area contributed by atoms with E-state index in [1.165, 1.54) is 0 Å². The quantitative estimate of drug-likeness (QED) is 0.846. The lowest BCUT2D eigenvalue weighted by Crippen LogP contribution is -2.05. The van der Waals surface area contributed by atoms with Gasteiger partial charge < -0.3 is 10.1 Å². The Bertz CT molecular complexity index is 579. The predicted molar refractivity (Wildman–Crippen MR) is 82.9 cm³/mol. The predicted octanol–water partition coefficient (Wildman–Crippen LogP) is 3.43. The summed E-state index contributed by atoms with van der Waals surface area (Å²) in [6, 6.07) is 2.13. The van der Waals surface area contributed by atoms with Crippen molar-refractivity contribution in [1.82, 2.24) is 19.7 Å². The zero-order valence-corrected chi connectivity index (χ0v) is 13.1. The summed E-state index contributed by atoms with van der Waals surface area (Å²) < 4.78 is 7.65. The fraction of sp³-hybridized carbons (Fsp3) is 0.533. The second-order valence-corrected chi connectivity index (χ2v) is 5.14. The van der Waals surface area contributed by atoms with Gasteiger partial charge in [0.1, 0.15) is 11.6 Å². The van der Waals surface area contributed by atoms with Crippen LogP contribution in [0.25, 0.3) is 0 Å². The molecular formula is C15H23N5O. The molecule has 6 heteroatoms. The van der Waals surface area contributed by atoms with Crippen LogP contribution in [0.1, 0.15) is 46.0 Å². The number of ether oxygens (including phenoxy) is 1. The van der Waals surface area contributed by atoms with Gasteiger partial charge in [0.05, 0.1) is 12.4 Å². The Balaban J connectivity index is 2.17. The van der Waals surface area contributed by atoms with Gasteiger partial charge in [-0.3, -0.25) is 4.68 Å². The first-order valence-electron chi connectivity index (χ1n) is 7.46. The number of aromatic nitrogens is 4. The molecule has 114 valence electrons. The first kappa shape index (κ1) is 15.3. The Morgan fingerprint density at radius 3 is 2.71 bits per heavy atom. The lowest BCUT2D eigenvalue weighted by molar-refractivity contribution is 0.455. The topological polar surface area (TPSA) is 64.9 Å². The maximum absolute atomic E-state index is 5.80. The molecule has 0 bridgehead atoms. The molecule has 0 spiro atoms. The summed E-state index contributed by atoms with van der Waals surface area (Å²) in [6.07, 6.45) is 5.39. The Morgan fingerprint density at radius 2 is 2.10 bits per heavy atom. The highest BCUT2D eigenvalue weighted by Crippen LogP contribution is 2.22. The molecule has 0 amide bonds. The molecule has 2 aromatic heterocycles. The van der Waals surface area contributed by atoms with E-state index in [9.17, 15) is 0 Å². The summed E-state index contributed by atoms with van der Waals surface area (Å²) in [4.78, 5) is 8.84. The third-order valence-corrected chi connectivity index (χ3v) is 2.95. The molecule has 0 saturated carbocycles. The van der Waals surface area contributed by atoms with Gasteiger partial charge in [0, 0.05) is 25.1 Å². The van der Waals surface area contributed by atoms with Gasteiger partial charge in [-0.15, -0.1) is 0 Å². The van der Waals surface area contributed by atoms with E-state index in [-0.39, 0.29) is 0 Å². The summed E-state index contributed by atoms with van der Waals surface area (Å²) in [5.41, 5.74) is 0. The maximum Gasteiger partial charge on any atom is 0.224 e. The van der Waals surface area contributed by atoms with E-state index < -0.39 is 0 Å². The van der Waals surface area contributed by atoms with Crippen LogP contribution in [-0.4, -0.2) is 26.3 Å². The van der Waals surface area contributed by atoms with Crippen LogP contribution in [0, 0.1) is 0 Å². The van der Waals surface area contributed by atoms with Crippen LogP contribution in [0.3, 0.4) is 0 Å². The molecule has 0 aliphatic heterocycles. The average Bonchev–Trinajstić information content (AvgIpc) is 2.93. The smallest absolute Gasteiger partial charge is 0.224 e. The fourth-order valence-corrected chi connectivity index (χ4v) is 1.80. The third-order valence-electron chi connectivity index (χ3n) is 2.95. The SMILES string of the molecule is CCCNc1cc(Oc2cnn(C(C)C)c2)nc(CC)n1. The summed E-state index contributed by atoms with van der Waals surface area (Å²) in [5.74, 6) is 2.80. The van der Waals surface area contributed by atoms with Gasteiger partial charge in [-0.1, -0.05) is 13.8 Å². The molecule has 0 saturated heterocycles. The summed E-state index contributed by atoms with van der Waals surface area (Å²) in [7, 11) is 0. The van der Waals surface area contributed by atoms with E-state index in [0.717, 1.165) is 31.0 Å². The molecule has 2 heterocycles. The first-order valence-corrected chi connectivity index (χ1v) is 7.46. The molecule has 6 nitrogen and oxygen atoms in total. The number of aryl methyl sites for hydroxylation is 1. The second kappa shape index (κ2) is 7.06. The van der Waals surface area contributed by atoms with Gasteiger partial charge in [-0.25, -0.2) is 4.98 Å². The number of nitrogens with zero attached hydrogens (tertiary/aromatic N) is 4. The van der Waals surface area contributed by atoms with Crippen LogP contribution in [0.5, 0.6) is 11.6 Å². The van der Waals surface area contributed by atoms with Crippen LogP contribution < -0.4 is 10.1 Å². The number of hydrogen-bond acceptors (Lipinski definition) is 5. The largest absolute Gasteiger partial charge is 0.436 e. The average molecular weight is 289 g/mol. The number of nitrogens with one attached hydrogen (secondary N) is 1. The van der Waals surface area contributed by atoms with Crippen molar-refractivity contribution in [2.45, 2.75) is 46.6 Å². The highest BCUT2D eigenvalue weighted by Gasteiger charge is 2.08. The molecule has 2 aromatic rings. The fourth-order valence-electron chi connectivity index (χ4n) is 1.80. The molecule has 2 rings (SSSR count). The second-order valence-electron chi connectivity index (χ2n) is 5.14. The molecular weight excluding hydrogens is 266 g/mol. The minimum Gasteiger partial charge on any atom is -0.436 e. The van der Waals surface area contributed by atoms with Crippen molar-refractivity contribution < 1.29 is 4.74 Å². The molecule has 21 heavy (non-hydrogen) atoms. The van der Waals surface area contributed by atoms with E-state index in [2.05, 4.69) is 41.2 Å². The van der Waals surface area contributed by atoms with Gasteiger partial charge in [0.15, 0.2) is 5.75 Å². The summed E-state index contributed by atoms with van der Waals surface area (Å²) >= 11 is 0. The van der Waals surface area contributed by atoms with E-state index in [4.69, 9.17) is 4.74 Å². The van der Waals surface area contributed by atoms with Crippen molar-refractivity contribution in [3.05, 3.63) is 24.3 Å². The Labute approximate surface area is 125 Å². The molecule has 0 aliphatic carbocycles. The zero-order valence-electron chi connectivity index (χ0n) is 13.1. The van der Waals surface area contributed by atoms with E-state index in [0.29, 0.717) is 17.7 Å². The standard InChI is InChI=1S/C15H23N5O/c1-5-7-16-14-8-15(19-13(6-2)18-14)21-12-9-17-20(10-12)11(3)4/h8-11H,5-7H2,1-4H3,(H,16,18,19). The van der Waals surface area contributed by atoms with Crippen molar-refractivity contribution in [2.24, 2.45) is 0 Å². The Hall–Kier alpha value is -2.11. The lowest BCUT2D eigenvalue weighted by Gasteiger charge is -2.08. The van der Waals surface area contributed by atoms with Crippen molar-refractivity contribution in [2.75, 3.05) is 11.9 Å². The molecule has 0 unspecified atom stereocenters. The van der Waals surface area contributed by atoms with Gasteiger partial charge in [0.25, 0.3) is 0 Å². The molecule has 1 N–H and O–H groups in total. The van der Waals surface area contributed by atoms with Crippen LogP contribution in [0.2, 0.25) is 0 Å². The highest BCUT2D eigenvalue weighted by molar-refractivity contribution is 5.39. The van der Waals surface area contributed by atoms with Gasteiger partial charge in [0.2, 0.25) is 5.88 Å². The number of anilines is 1. The molecule has 0 radical (unpaired) electrons. The normalized spacial score (nSPS) is 10.9. The van der Waals surface area contributed by atoms with Crippen LogP contribution in [0.4, 0.5) is 5.82 Å². The van der Waals surface area contributed by atoms with Crippen molar-refractivity contribution >= 4 is 5.82 Å². The van der Waals surface area contributed by atoms with E-state index in [1.807, 2.05) is 23.9 Å². The van der Waals surface area contributed by atoms with Gasteiger partial charge >= 0.3 is 0 Å². The minimum absolute atomic E-state index is 0.306. The molecule has 0 atom stereocenters. The van der Waals surface area contributed by atoms with Crippen LogP contribution in [-0.2, 0) is 6.42 Å². The molecule has 0 aliphatic rings. The highest BCUT2D eigenvalue weighted by atomic mass is 16.5. The Kier molecular flexibility index (Phi) is 5.14. The minimum atomic E-state index is 0.306. The zero-order chi connectivity index (χ0) is 15.2. The van der Waals surface area contributed by atoms with Gasteiger partial charge in [-0.05, 0) is 20.3 Å². The maximum atomic E-state index is 5.80. The number of hydrogen-bond donors (Lipinski definition) is 1. The molecule has 0 aromatic carbocycles. The van der Waals surface area contributed by atoms with Crippen LogP contribution in [0.15, 0.2) is 18.5 Å².